The molecule has 1 unspecified atom stereocenters. The van der Waals surface area contributed by atoms with Gasteiger partial charge in [0.2, 0.25) is 0 Å². The fourth-order valence-corrected chi connectivity index (χ4v) is 2.59. The van der Waals surface area contributed by atoms with Crippen LogP contribution in [0.4, 0.5) is 0 Å². The fourth-order valence-electron chi connectivity index (χ4n) is 2.16. The van der Waals surface area contributed by atoms with Gasteiger partial charge in [0.25, 0.3) is 0 Å². The van der Waals surface area contributed by atoms with Gasteiger partial charge >= 0.3 is 0 Å². The van der Waals surface area contributed by atoms with Crippen LogP contribution in [0.15, 0.2) is 18.2 Å². The molecule has 17 heavy (non-hydrogen) atoms. The Morgan fingerprint density at radius 1 is 1.41 bits per heavy atom. The van der Waals surface area contributed by atoms with Crippen LogP contribution in [0.3, 0.4) is 0 Å². The highest BCUT2D eigenvalue weighted by Gasteiger charge is 2.27. The number of nitrogens with zero attached hydrogens (tertiary/aromatic N) is 1. The van der Waals surface area contributed by atoms with Gasteiger partial charge in [-0.05, 0) is 37.4 Å². The predicted molar refractivity (Wildman–Crippen MR) is 73.6 cm³/mol. The van der Waals surface area contributed by atoms with E-state index in [1.54, 1.807) is 0 Å². The predicted octanol–water partition coefficient (Wildman–Crippen LogP) is 3.34. The molecule has 0 aliphatic heterocycles. The van der Waals surface area contributed by atoms with Gasteiger partial charge in [0.1, 0.15) is 0 Å². The second-order valence-corrected chi connectivity index (χ2v) is 5.56. The molecule has 1 aliphatic carbocycles. The van der Waals surface area contributed by atoms with Crippen molar-refractivity contribution in [3.05, 3.63) is 33.8 Å². The lowest BCUT2D eigenvalue weighted by molar-refractivity contribution is 0.240. The molecule has 0 spiro atoms. The first-order chi connectivity index (χ1) is 8.13. The SMILES string of the molecule is CN(CC1CC1)C(CN)c1cccc(Cl)c1Cl. The molecular formula is C13H18Cl2N2. The molecular weight excluding hydrogens is 255 g/mol. The van der Waals surface area contributed by atoms with Crippen LogP contribution in [0.2, 0.25) is 10.0 Å². The summed E-state index contributed by atoms with van der Waals surface area (Å²) in [5, 5.41) is 1.23. The zero-order chi connectivity index (χ0) is 12.4. The van der Waals surface area contributed by atoms with E-state index in [0.717, 1.165) is 18.0 Å². The van der Waals surface area contributed by atoms with E-state index < -0.39 is 0 Å². The fraction of sp³-hybridized carbons (Fsp3) is 0.538. The van der Waals surface area contributed by atoms with Crippen LogP contribution in [0.1, 0.15) is 24.4 Å². The summed E-state index contributed by atoms with van der Waals surface area (Å²) >= 11 is 12.3. The summed E-state index contributed by atoms with van der Waals surface area (Å²) in [6.45, 7) is 1.65. The number of hydrogen-bond acceptors (Lipinski definition) is 2. The summed E-state index contributed by atoms with van der Waals surface area (Å²) in [6, 6.07) is 5.90. The number of likely N-dealkylation sites (N-methyl/N-ethyl adjacent to an activating group) is 1. The molecule has 1 aromatic rings. The van der Waals surface area contributed by atoms with Gasteiger partial charge < -0.3 is 5.73 Å². The van der Waals surface area contributed by atoms with Crippen LogP contribution in [0, 0.1) is 5.92 Å². The standard InChI is InChI=1S/C13H18Cl2N2/c1-17(8-9-5-6-9)12(7-16)10-3-2-4-11(14)13(10)15/h2-4,9,12H,5-8,16H2,1H3. The van der Waals surface area contributed by atoms with E-state index in [4.69, 9.17) is 28.9 Å². The summed E-state index contributed by atoms with van der Waals surface area (Å²) in [5.74, 6) is 0.840. The Labute approximate surface area is 113 Å². The molecule has 2 nitrogen and oxygen atoms in total. The molecule has 1 atom stereocenters. The van der Waals surface area contributed by atoms with Gasteiger partial charge in [-0.15, -0.1) is 0 Å². The first kappa shape index (κ1) is 13.2. The molecule has 1 aromatic carbocycles. The Kier molecular flexibility index (Phi) is 4.31. The van der Waals surface area contributed by atoms with Crippen LogP contribution < -0.4 is 5.73 Å². The van der Waals surface area contributed by atoms with E-state index in [9.17, 15) is 0 Å². The average Bonchev–Trinajstić information content (AvgIpc) is 3.09. The van der Waals surface area contributed by atoms with E-state index in [-0.39, 0.29) is 6.04 Å². The Morgan fingerprint density at radius 2 is 2.12 bits per heavy atom. The Balaban J connectivity index is 2.17. The van der Waals surface area contributed by atoms with Crippen molar-refractivity contribution < 1.29 is 0 Å². The van der Waals surface area contributed by atoms with E-state index in [0.29, 0.717) is 16.6 Å². The van der Waals surface area contributed by atoms with Crippen LogP contribution in [-0.2, 0) is 0 Å². The van der Waals surface area contributed by atoms with Crippen molar-refractivity contribution in [3.63, 3.8) is 0 Å². The summed E-state index contributed by atoms with van der Waals surface area (Å²) in [6.07, 6.45) is 2.68. The molecule has 2 rings (SSSR count). The van der Waals surface area contributed by atoms with E-state index >= 15 is 0 Å². The second-order valence-electron chi connectivity index (χ2n) is 4.78. The Morgan fingerprint density at radius 3 is 2.71 bits per heavy atom. The quantitative estimate of drug-likeness (QED) is 0.891. The summed E-state index contributed by atoms with van der Waals surface area (Å²) in [4.78, 5) is 2.29. The third kappa shape index (κ3) is 3.14. The van der Waals surface area contributed by atoms with E-state index in [1.165, 1.54) is 12.8 Å². The molecule has 0 saturated heterocycles. The largest absolute Gasteiger partial charge is 0.329 e. The van der Waals surface area contributed by atoms with Crippen molar-refractivity contribution in [1.29, 1.82) is 0 Å². The highest BCUT2D eigenvalue weighted by atomic mass is 35.5. The molecule has 1 saturated carbocycles. The average molecular weight is 273 g/mol. The Hall–Kier alpha value is -0.280. The molecule has 0 radical (unpaired) electrons. The molecule has 94 valence electrons. The van der Waals surface area contributed by atoms with Gasteiger partial charge in [0.05, 0.1) is 10.0 Å². The highest BCUT2D eigenvalue weighted by Crippen LogP contribution is 2.35. The van der Waals surface area contributed by atoms with Crippen molar-refractivity contribution >= 4 is 23.2 Å². The van der Waals surface area contributed by atoms with Gasteiger partial charge in [0, 0.05) is 19.1 Å². The monoisotopic (exact) mass is 272 g/mol. The molecule has 0 amide bonds. The summed E-state index contributed by atoms with van der Waals surface area (Å²) < 4.78 is 0. The maximum atomic E-state index is 6.25. The zero-order valence-corrected chi connectivity index (χ0v) is 11.5. The third-order valence-corrected chi connectivity index (χ3v) is 4.17. The molecule has 1 fully saturated rings. The van der Waals surface area contributed by atoms with Crippen LogP contribution in [-0.4, -0.2) is 25.0 Å². The minimum atomic E-state index is 0.154. The van der Waals surface area contributed by atoms with Crippen molar-refractivity contribution in [1.82, 2.24) is 4.90 Å². The smallest absolute Gasteiger partial charge is 0.0640 e. The molecule has 2 N–H and O–H groups in total. The third-order valence-electron chi connectivity index (χ3n) is 3.34. The van der Waals surface area contributed by atoms with Gasteiger partial charge in [-0.3, -0.25) is 4.90 Å². The lowest BCUT2D eigenvalue weighted by atomic mass is 10.1. The summed E-state index contributed by atoms with van der Waals surface area (Å²) in [7, 11) is 2.10. The van der Waals surface area contributed by atoms with Gasteiger partial charge in [-0.1, -0.05) is 35.3 Å². The van der Waals surface area contributed by atoms with Gasteiger partial charge in [-0.25, -0.2) is 0 Å². The lowest BCUT2D eigenvalue weighted by Crippen LogP contribution is -2.32. The number of rotatable bonds is 5. The maximum absolute atomic E-state index is 6.25. The van der Waals surface area contributed by atoms with Crippen molar-refractivity contribution in [2.75, 3.05) is 20.1 Å². The minimum Gasteiger partial charge on any atom is -0.329 e. The molecule has 1 aliphatic rings. The first-order valence-corrected chi connectivity index (χ1v) is 6.73. The molecule has 0 heterocycles. The number of hydrogen-bond donors (Lipinski definition) is 1. The number of benzene rings is 1. The van der Waals surface area contributed by atoms with Crippen molar-refractivity contribution in [2.45, 2.75) is 18.9 Å². The van der Waals surface area contributed by atoms with Gasteiger partial charge in [0.15, 0.2) is 0 Å². The van der Waals surface area contributed by atoms with Crippen molar-refractivity contribution in [2.24, 2.45) is 11.7 Å². The molecule has 4 heteroatoms. The molecule has 0 aromatic heterocycles. The number of nitrogens with two attached hydrogens (primary N) is 1. The van der Waals surface area contributed by atoms with Crippen LogP contribution in [0.25, 0.3) is 0 Å². The molecule has 0 bridgehead atoms. The van der Waals surface area contributed by atoms with Crippen molar-refractivity contribution in [3.8, 4) is 0 Å². The number of halogens is 2. The van der Waals surface area contributed by atoms with Crippen LogP contribution in [0.5, 0.6) is 0 Å². The lowest BCUT2D eigenvalue weighted by Gasteiger charge is -2.28. The highest BCUT2D eigenvalue weighted by molar-refractivity contribution is 6.42. The topological polar surface area (TPSA) is 29.3 Å². The maximum Gasteiger partial charge on any atom is 0.0640 e. The van der Waals surface area contributed by atoms with Gasteiger partial charge in [-0.2, -0.15) is 0 Å². The summed E-state index contributed by atoms with van der Waals surface area (Å²) in [5.41, 5.74) is 6.91. The first-order valence-electron chi connectivity index (χ1n) is 5.97. The van der Waals surface area contributed by atoms with E-state index in [1.807, 2.05) is 18.2 Å². The van der Waals surface area contributed by atoms with Crippen LogP contribution >= 0.6 is 23.2 Å². The second kappa shape index (κ2) is 5.57. The Bertz CT molecular complexity index is 391. The normalized spacial score (nSPS) is 17.5. The zero-order valence-electron chi connectivity index (χ0n) is 10.00. The minimum absolute atomic E-state index is 0.154. The van der Waals surface area contributed by atoms with E-state index in [2.05, 4.69) is 11.9 Å².